The van der Waals surface area contributed by atoms with Gasteiger partial charge in [-0.3, -0.25) is 0 Å². The summed E-state index contributed by atoms with van der Waals surface area (Å²) in [5, 5.41) is 3.55. The highest BCUT2D eigenvalue weighted by atomic mass is 16.5. The first-order valence-electron chi connectivity index (χ1n) is 7.69. The van der Waals surface area contributed by atoms with E-state index in [4.69, 9.17) is 4.74 Å². The Morgan fingerprint density at radius 1 is 1.40 bits per heavy atom. The Morgan fingerprint density at radius 2 is 2.25 bits per heavy atom. The summed E-state index contributed by atoms with van der Waals surface area (Å²) in [6, 6.07) is 2.54. The average Bonchev–Trinajstić information content (AvgIpc) is 2.91. The van der Waals surface area contributed by atoms with Gasteiger partial charge in [-0.1, -0.05) is 6.92 Å². The Balaban J connectivity index is 2.14. The summed E-state index contributed by atoms with van der Waals surface area (Å²) < 4.78 is 5.53. The van der Waals surface area contributed by atoms with Crippen LogP contribution >= 0.6 is 0 Å². The van der Waals surface area contributed by atoms with Crippen LogP contribution in [0.25, 0.3) is 0 Å². The Labute approximate surface area is 121 Å². The zero-order valence-electron chi connectivity index (χ0n) is 12.9. The average molecular weight is 278 g/mol. The zero-order chi connectivity index (χ0) is 14.4. The number of hydrogen-bond acceptors (Lipinski definition) is 5. The van der Waals surface area contributed by atoms with E-state index >= 15 is 0 Å². The zero-order valence-corrected chi connectivity index (χ0v) is 12.9. The fraction of sp³-hybridized carbons (Fsp3) is 0.733. The Kier molecular flexibility index (Phi) is 5.59. The number of hydrogen-bond donors (Lipinski definition) is 1. The lowest BCUT2D eigenvalue weighted by atomic mass is 10.2. The molecule has 1 aliphatic rings. The van der Waals surface area contributed by atoms with Gasteiger partial charge in [0.05, 0.1) is 6.61 Å². The molecule has 1 N–H and O–H groups in total. The van der Waals surface area contributed by atoms with Gasteiger partial charge in [-0.25, -0.2) is 4.98 Å². The maximum absolute atomic E-state index is 5.53. The molecule has 5 nitrogen and oxygen atoms in total. The number of aryl methyl sites for hydroxylation is 1. The van der Waals surface area contributed by atoms with Crippen LogP contribution in [-0.2, 0) is 0 Å². The highest BCUT2D eigenvalue weighted by Gasteiger charge is 2.19. The molecule has 2 heterocycles. The molecule has 2 rings (SSSR count). The van der Waals surface area contributed by atoms with Crippen LogP contribution in [-0.4, -0.2) is 42.3 Å². The normalized spacial score (nSPS) is 18.2. The van der Waals surface area contributed by atoms with Gasteiger partial charge in [0.2, 0.25) is 5.88 Å². The third kappa shape index (κ3) is 4.07. The highest BCUT2D eigenvalue weighted by molar-refractivity contribution is 5.42. The van der Waals surface area contributed by atoms with Crippen molar-refractivity contribution >= 4 is 5.82 Å². The van der Waals surface area contributed by atoms with Gasteiger partial charge in [0.25, 0.3) is 0 Å². The molecule has 20 heavy (non-hydrogen) atoms. The Morgan fingerprint density at radius 3 is 2.90 bits per heavy atom. The first-order valence-corrected chi connectivity index (χ1v) is 7.69. The molecule has 1 aliphatic heterocycles. The predicted molar refractivity (Wildman–Crippen MR) is 81.5 cm³/mol. The van der Waals surface area contributed by atoms with Gasteiger partial charge in [-0.2, -0.15) is 4.98 Å². The second-order valence-electron chi connectivity index (χ2n) is 5.28. The summed E-state index contributed by atoms with van der Waals surface area (Å²) in [5.41, 5.74) is 0. The molecule has 0 aromatic carbocycles. The van der Waals surface area contributed by atoms with Gasteiger partial charge in [0.15, 0.2) is 0 Å². The topological polar surface area (TPSA) is 50.3 Å². The fourth-order valence-electron chi connectivity index (χ4n) is 2.66. The second-order valence-corrected chi connectivity index (χ2v) is 5.28. The molecule has 5 heteroatoms. The molecule has 0 spiro atoms. The van der Waals surface area contributed by atoms with Gasteiger partial charge in [0, 0.05) is 25.2 Å². The van der Waals surface area contributed by atoms with Crippen molar-refractivity contribution in [1.29, 1.82) is 0 Å². The van der Waals surface area contributed by atoms with Gasteiger partial charge >= 0.3 is 0 Å². The van der Waals surface area contributed by atoms with E-state index in [-0.39, 0.29) is 0 Å². The lowest BCUT2D eigenvalue weighted by Crippen LogP contribution is -2.38. The van der Waals surface area contributed by atoms with Gasteiger partial charge in [0.1, 0.15) is 11.6 Å². The monoisotopic (exact) mass is 278 g/mol. The smallest absolute Gasteiger partial charge is 0.218 e. The van der Waals surface area contributed by atoms with Crippen molar-refractivity contribution in [2.45, 2.75) is 46.1 Å². The van der Waals surface area contributed by atoms with Crippen LogP contribution in [0.5, 0.6) is 5.88 Å². The molecule has 0 radical (unpaired) electrons. The van der Waals surface area contributed by atoms with Crippen molar-refractivity contribution in [2.24, 2.45) is 0 Å². The largest absolute Gasteiger partial charge is 0.478 e. The quantitative estimate of drug-likeness (QED) is 0.828. The van der Waals surface area contributed by atoms with Crippen LogP contribution in [0.4, 0.5) is 5.82 Å². The summed E-state index contributed by atoms with van der Waals surface area (Å²) in [4.78, 5) is 11.3. The fourth-order valence-corrected chi connectivity index (χ4v) is 2.66. The minimum Gasteiger partial charge on any atom is -0.478 e. The molecule has 1 saturated heterocycles. The molecule has 1 fully saturated rings. The molecular formula is C15H26N4O. The molecule has 1 aromatic rings. The molecule has 112 valence electrons. The third-order valence-corrected chi connectivity index (χ3v) is 3.51. The van der Waals surface area contributed by atoms with E-state index in [0.29, 0.717) is 18.5 Å². The minimum absolute atomic E-state index is 0.576. The molecular weight excluding hydrogens is 252 g/mol. The van der Waals surface area contributed by atoms with Crippen molar-refractivity contribution in [2.75, 3.05) is 31.1 Å². The molecule has 0 bridgehead atoms. The molecule has 0 amide bonds. The van der Waals surface area contributed by atoms with Crippen molar-refractivity contribution in [3.63, 3.8) is 0 Å². The van der Waals surface area contributed by atoms with Crippen LogP contribution in [0.15, 0.2) is 6.07 Å². The predicted octanol–water partition coefficient (Wildman–Crippen LogP) is 2.15. The number of anilines is 1. The van der Waals surface area contributed by atoms with Gasteiger partial charge in [-0.05, 0) is 39.7 Å². The first kappa shape index (κ1) is 15.0. The lowest BCUT2D eigenvalue weighted by Gasteiger charge is -2.27. The van der Waals surface area contributed by atoms with Crippen molar-refractivity contribution in [3.8, 4) is 5.88 Å². The van der Waals surface area contributed by atoms with E-state index in [2.05, 4.69) is 27.1 Å². The number of nitrogens with one attached hydrogen (secondary N) is 1. The van der Waals surface area contributed by atoms with E-state index in [1.54, 1.807) is 0 Å². The van der Waals surface area contributed by atoms with Crippen molar-refractivity contribution in [1.82, 2.24) is 15.3 Å². The Bertz CT molecular complexity index is 418. The summed E-state index contributed by atoms with van der Waals surface area (Å²) in [6.45, 7) is 9.89. The van der Waals surface area contributed by atoms with Gasteiger partial charge < -0.3 is 15.0 Å². The van der Waals surface area contributed by atoms with Crippen LogP contribution in [0.3, 0.4) is 0 Å². The maximum Gasteiger partial charge on any atom is 0.218 e. The van der Waals surface area contributed by atoms with Crippen molar-refractivity contribution in [3.05, 3.63) is 11.9 Å². The van der Waals surface area contributed by atoms with Crippen LogP contribution in [0, 0.1) is 6.92 Å². The highest BCUT2D eigenvalue weighted by Crippen LogP contribution is 2.19. The van der Waals surface area contributed by atoms with Gasteiger partial charge in [-0.15, -0.1) is 0 Å². The molecule has 1 aromatic heterocycles. The number of aromatic nitrogens is 2. The minimum atomic E-state index is 0.576. The molecule has 0 saturated carbocycles. The molecule has 1 atom stereocenters. The maximum atomic E-state index is 5.53. The lowest BCUT2D eigenvalue weighted by molar-refractivity contribution is 0.325. The summed E-state index contributed by atoms with van der Waals surface area (Å²) in [6.07, 6.45) is 3.64. The van der Waals surface area contributed by atoms with Crippen LogP contribution < -0.4 is 15.0 Å². The van der Waals surface area contributed by atoms with E-state index in [0.717, 1.165) is 37.7 Å². The number of rotatable bonds is 7. The number of nitrogens with zero attached hydrogens (tertiary/aromatic N) is 3. The SMILES string of the molecule is CCCN(CC1CCCN1)c1cc(OCC)nc(C)n1. The third-order valence-electron chi connectivity index (χ3n) is 3.51. The summed E-state index contributed by atoms with van der Waals surface area (Å²) in [5.74, 6) is 2.43. The van der Waals surface area contributed by atoms with E-state index in [1.165, 1.54) is 12.8 Å². The Hall–Kier alpha value is -1.36. The van der Waals surface area contributed by atoms with Crippen LogP contribution in [0.1, 0.15) is 38.9 Å². The standard InChI is InChI=1S/C15H26N4O/c1-4-9-19(11-13-7-6-8-16-13)14-10-15(20-5-2)18-12(3)17-14/h10,13,16H,4-9,11H2,1-3H3. The summed E-state index contributed by atoms with van der Waals surface area (Å²) in [7, 11) is 0. The number of ether oxygens (including phenoxy) is 1. The van der Waals surface area contributed by atoms with E-state index in [9.17, 15) is 0 Å². The summed E-state index contributed by atoms with van der Waals surface area (Å²) >= 11 is 0. The second kappa shape index (κ2) is 7.43. The molecule has 1 unspecified atom stereocenters. The van der Waals surface area contributed by atoms with Crippen molar-refractivity contribution < 1.29 is 4.74 Å². The van der Waals surface area contributed by atoms with E-state index < -0.39 is 0 Å². The first-order chi connectivity index (χ1) is 9.72. The molecule has 0 aliphatic carbocycles. The van der Waals surface area contributed by atoms with Crippen LogP contribution in [0.2, 0.25) is 0 Å². The van der Waals surface area contributed by atoms with E-state index in [1.807, 2.05) is 19.9 Å².